The number of morpholine rings is 1. The van der Waals surface area contributed by atoms with E-state index in [0.717, 1.165) is 18.0 Å². The van der Waals surface area contributed by atoms with Crippen molar-refractivity contribution in [2.45, 2.75) is 51.9 Å². The summed E-state index contributed by atoms with van der Waals surface area (Å²) in [6, 6.07) is 8.31. The summed E-state index contributed by atoms with van der Waals surface area (Å²) < 4.78 is 6.42. The Balaban J connectivity index is 2.16. The van der Waals surface area contributed by atoms with Gasteiger partial charge in [0.05, 0.1) is 11.7 Å². The monoisotopic (exact) mass is 281 g/mol. The average molecular weight is 282 g/mol. The van der Waals surface area contributed by atoms with Crippen molar-refractivity contribution < 1.29 is 4.74 Å². The molecule has 2 nitrogen and oxygen atoms in total. The van der Waals surface area contributed by atoms with Crippen LogP contribution >= 0.6 is 11.6 Å². The third-order valence-electron chi connectivity index (χ3n) is 3.70. The van der Waals surface area contributed by atoms with Gasteiger partial charge in [-0.1, -0.05) is 37.6 Å². The molecule has 1 aliphatic rings. The third kappa shape index (κ3) is 3.71. The number of ether oxygens (including phenoxy) is 1. The van der Waals surface area contributed by atoms with Crippen molar-refractivity contribution in [1.82, 2.24) is 5.32 Å². The minimum absolute atomic E-state index is 0.0923. The molecule has 3 heteroatoms. The van der Waals surface area contributed by atoms with Gasteiger partial charge in [-0.3, -0.25) is 0 Å². The molecule has 3 atom stereocenters. The van der Waals surface area contributed by atoms with Gasteiger partial charge in [0.1, 0.15) is 0 Å². The van der Waals surface area contributed by atoms with Crippen LogP contribution in [0.15, 0.2) is 24.3 Å². The summed E-state index contributed by atoms with van der Waals surface area (Å²) in [5.74, 6) is 0.631. The lowest BCUT2D eigenvalue weighted by molar-refractivity contribution is -0.133. The lowest BCUT2D eigenvalue weighted by atomic mass is 9.90. The fraction of sp³-hybridized carbons (Fsp3) is 0.625. The molecule has 1 saturated heterocycles. The molecule has 0 amide bonds. The van der Waals surface area contributed by atoms with E-state index < -0.39 is 0 Å². The van der Waals surface area contributed by atoms with Crippen molar-refractivity contribution in [3.05, 3.63) is 34.9 Å². The molecular formula is C16H24ClNO. The highest BCUT2D eigenvalue weighted by Gasteiger charge is 2.37. The summed E-state index contributed by atoms with van der Waals surface area (Å²) in [6.45, 7) is 9.77. The van der Waals surface area contributed by atoms with Crippen LogP contribution in [-0.4, -0.2) is 18.2 Å². The number of benzene rings is 1. The molecule has 0 bridgehead atoms. The van der Waals surface area contributed by atoms with Crippen LogP contribution in [-0.2, 0) is 4.74 Å². The van der Waals surface area contributed by atoms with Gasteiger partial charge in [0.15, 0.2) is 0 Å². The minimum atomic E-state index is -0.0923. The average Bonchev–Trinajstić information content (AvgIpc) is 2.33. The molecule has 19 heavy (non-hydrogen) atoms. The molecule has 0 aromatic heterocycles. The Kier molecular flexibility index (Phi) is 4.54. The Morgan fingerprint density at radius 2 is 2.00 bits per heavy atom. The maximum absolute atomic E-state index is 6.42. The quantitative estimate of drug-likeness (QED) is 0.897. The molecule has 0 spiro atoms. The highest BCUT2D eigenvalue weighted by atomic mass is 35.5. The SMILES string of the molecule is CC(C)CC1(C)CNC(C)C(c2ccc(Cl)cc2)O1. The van der Waals surface area contributed by atoms with Crippen molar-refractivity contribution in [2.24, 2.45) is 5.92 Å². The Bertz CT molecular complexity index is 417. The van der Waals surface area contributed by atoms with Gasteiger partial charge in [0.2, 0.25) is 0 Å². The molecule has 1 aromatic carbocycles. The maximum Gasteiger partial charge on any atom is 0.0983 e. The second kappa shape index (κ2) is 5.82. The molecule has 3 unspecified atom stereocenters. The van der Waals surface area contributed by atoms with Crippen LogP contribution in [0.1, 0.15) is 45.8 Å². The molecule has 1 heterocycles. The molecule has 0 aliphatic carbocycles. The molecular weight excluding hydrogens is 258 g/mol. The van der Waals surface area contributed by atoms with E-state index in [1.54, 1.807) is 0 Å². The largest absolute Gasteiger partial charge is 0.364 e. The normalized spacial score (nSPS) is 31.7. The maximum atomic E-state index is 6.42. The zero-order valence-corrected chi connectivity index (χ0v) is 13.0. The second-order valence-electron chi connectivity index (χ2n) is 6.31. The molecule has 1 fully saturated rings. The lowest BCUT2D eigenvalue weighted by Gasteiger charge is -2.44. The van der Waals surface area contributed by atoms with Crippen molar-refractivity contribution in [3.63, 3.8) is 0 Å². The van der Waals surface area contributed by atoms with Crippen LogP contribution in [0, 0.1) is 5.92 Å². The van der Waals surface area contributed by atoms with Crippen molar-refractivity contribution >= 4 is 11.6 Å². The minimum Gasteiger partial charge on any atom is -0.364 e. The van der Waals surface area contributed by atoms with Crippen molar-refractivity contribution in [1.29, 1.82) is 0 Å². The molecule has 2 rings (SSSR count). The first kappa shape index (κ1) is 14.8. The van der Waals surface area contributed by atoms with E-state index in [0.29, 0.717) is 12.0 Å². The fourth-order valence-corrected chi connectivity index (χ4v) is 3.05. The van der Waals surface area contributed by atoms with Gasteiger partial charge in [-0.15, -0.1) is 0 Å². The van der Waals surface area contributed by atoms with Gasteiger partial charge in [0, 0.05) is 17.6 Å². The summed E-state index contributed by atoms with van der Waals surface area (Å²) in [5.41, 5.74) is 1.10. The Morgan fingerprint density at radius 3 is 2.58 bits per heavy atom. The number of nitrogens with one attached hydrogen (secondary N) is 1. The predicted molar refractivity (Wildman–Crippen MR) is 80.6 cm³/mol. The van der Waals surface area contributed by atoms with Gasteiger partial charge >= 0.3 is 0 Å². The van der Waals surface area contributed by atoms with Crippen LogP contribution < -0.4 is 5.32 Å². The molecule has 0 radical (unpaired) electrons. The summed E-state index contributed by atoms with van der Waals surface area (Å²) in [5, 5.41) is 4.35. The van der Waals surface area contributed by atoms with Crippen LogP contribution in [0.4, 0.5) is 0 Å². The van der Waals surface area contributed by atoms with E-state index >= 15 is 0 Å². The number of hydrogen-bond donors (Lipinski definition) is 1. The van der Waals surface area contributed by atoms with E-state index in [-0.39, 0.29) is 11.7 Å². The van der Waals surface area contributed by atoms with E-state index in [4.69, 9.17) is 16.3 Å². The van der Waals surface area contributed by atoms with Crippen LogP contribution in [0.3, 0.4) is 0 Å². The van der Waals surface area contributed by atoms with E-state index in [9.17, 15) is 0 Å². The topological polar surface area (TPSA) is 21.3 Å². The number of hydrogen-bond acceptors (Lipinski definition) is 2. The third-order valence-corrected chi connectivity index (χ3v) is 3.95. The van der Waals surface area contributed by atoms with Gasteiger partial charge < -0.3 is 10.1 Å². The zero-order valence-electron chi connectivity index (χ0n) is 12.2. The summed E-state index contributed by atoms with van der Waals surface area (Å²) >= 11 is 5.96. The van der Waals surface area contributed by atoms with Crippen LogP contribution in [0.25, 0.3) is 0 Å². The molecule has 0 saturated carbocycles. The molecule has 1 aliphatic heterocycles. The van der Waals surface area contributed by atoms with Crippen molar-refractivity contribution in [3.8, 4) is 0 Å². The highest BCUT2D eigenvalue weighted by Crippen LogP contribution is 2.34. The lowest BCUT2D eigenvalue weighted by Crippen LogP contribution is -2.53. The summed E-state index contributed by atoms with van der Waals surface area (Å²) in [4.78, 5) is 0. The predicted octanol–water partition coefficient (Wildman–Crippen LogP) is 4.19. The van der Waals surface area contributed by atoms with Gasteiger partial charge in [-0.2, -0.15) is 0 Å². The summed E-state index contributed by atoms with van der Waals surface area (Å²) in [7, 11) is 0. The number of halogens is 1. The Morgan fingerprint density at radius 1 is 1.37 bits per heavy atom. The van der Waals surface area contributed by atoms with Crippen LogP contribution in [0.2, 0.25) is 5.02 Å². The van der Waals surface area contributed by atoms with E-state index in [1.807, 2.05) is 12.1 Å². The molecule has 106 valence electrons. The van der Waals surface area contributed by atoms with E-state index in [1.165, 1.54) is 5.56 Å². The Hall–Kier alpha value is -0.570. The Labute approximate surface area is 121 Å². The first-order chi connectivity index (χ1) is 8.89. The zero-order chi connectivity index (χ0) is 14.0. The number of rotatable bonds is 3. The van der Waals surface area contributed by atoms with Gasteiger partial charge in [-0.05, 0) is 43.9 Å². The summed E-state index contributed by atoms with van der Waals surface area (Å²) in [6.07, 6.45) is 1.16. The standard InChI is InChI=1S/C16H24ClNO/c1-11(2)9-16(4)10-18-12(3)15(19-16)13-5-7-14(17)8-6-13/h5-8,11-12,15,18H,9-10H2,1-4H3. The first-order valence-corrected chi connectivity index (χ1v) is 7.44. The van der Waals surface area contributed by atoms with Gasteiger partial charge in [-0.25, -0.2) is 0 Å². The van der Waals surface area contributed by atoms with E-state index in [2.05, 4.69) is 45.1 Å². The smallest absolute Gasteiger partial charge is 0.0983 e. The first-order valence-electron chi connectivity index (χ1n) is 7.06. The van der Waals surface area contributed by atoms with Gasteiger partial charge in [0.25, 0.3) is 0 Å². The second-order valence-corrected chi connectivity index (χ2v) is 6.74. The molecule has 1 N–H and O–H groups in total. The van der Waals surface area contributed by atoms with Crippen LogP contribution in [0.5, 0.6) is 0 Å². The van der Waals surface area contributed by atoms with Crippen molar-refractivity contribution in [2.75, 3.05) is 6.54 Å². The fourth-order valence-electron chi connectivity index (χ4n) is 2.93. The highest BCUT2D eigenvalue weighted by molar-refractivity contribution is 6.30. The molecule has 1 aromatic rings.